The molecule has 1 unspecified atom stereocenters. The minimum atomic E-state index is 0.547. The second-order valence-corrected chi connectivity index (χ2v) is 5.77. The molecule has 0 saturated carbocycles. The van der Waals surface area contributed by atoms with Gasteiger partial charge in [0.1, 0.15) is 5.82 Å². The second-order valence-electron chi connectivity index (χ2n) is 5.77. The first-order valence-corrected chi connectivity index (χ1v) is 7.64. The molecule has 1 fully saturated rings. The Hall–Kier alpha value is -1.65. The molecule has 0 spiro atoms. The van der Waals surface area contributed by atoms with Crippen LogP contribution >= 0.6 is 0 Å². The normalized spacial score (nSPS) is 19.1. The fraction of sp³-hybridized carbons (Fsp3) is 0.471. The van der Waals surface area contributed by atoms with Gasteiger partial charge in [0.2, 0.25) is 0 Å². The van der Waals surface area contributed by atoms with Crippen molar-refractivity contribution in [2.45, 2.75) is 19.4 Å². The third kappa shape index (κ3) is 3.01. The van der Waals surface area contributed by atoms with E-state index in [9.17, 15) is 0 Å². The average molecular weight is 285 g/mol. The molecule has 4 nitrogen and oxygen atoms in total. The number of fused-ring (bicyclic) bond motifs is 1. The molecule has 1 saturated heterocycles. The molecule has 0 amide bonds. The molecule has 112 valence electrons. The summed E-state index contributed by atoms with van der Waals surface area (Å²) in [4.78, 5) is 7.21. The van der Waals surface area contributed by atoms with E-state index in [1.807, 2.05) is 12.1 Å². The molecule has 1 aliphatic heterocycles. The quantitative estimate of drug-likeness (QED) is 0.938. The van der Waals surface area contributed by atoms with Gasteiger partial charge in [0.05, 0.1) is 12.1 Å². The van der Waals surface area contributed by atoms with Crippen LogP contribution in [0.2, 0.25) is 0 Å². The van der Waals surface area contributed by atoms with Gasteiger partial charge in [-0.1, -0.05) is 18.2 Å². The van der Waals surface area contributed by atoms with Crippen molar-refractivity contribution in [1.29, 1.82) is 0 Å². The number of methoxy groups -OCH3 is 1. The maximum Gasteiger partial charge on any atom is 0.129 e. The minimum Gasteiger partial charge on any atom is -0.384 e. The zero-order valence-corrected chi connectivity index (χ0v) is 12.6. The average Bonchev–Trinajstić information content (AvgIpc) is 2.54. The van der Waals surface area contributed by atoms with E-state index in [0.717, 1.165) is 36.4 Å². The van der Waals surface area contributed by atoms with E-state index in [4.69, 9.17) is 15.5 Å². The summed E-state index contributed by atoms with van der Waals surface area (Å²) in [6.45, 7) is 3.46. The van der Waals surface area contributed by atoms with Crippen molar-refractivity contribution in [3.63, 3.8) is 0 Å². The van der Waals surface area contributed by atoms with Gasteiger partial charge in [0, 0.05) is 32.1 Å². The topological polar surface area (TPSA) is 51.4 Å². The fourth-order valence-corrected chi connectivity index (χ4v) is 3.21. The van der Waals surface area contributed by atoms with Gasteiger partial charge in [0.25, 0.3) is 0 Å². The molecular weight excluding hydrogens is 262 g/mol. The Bertz CT molecular complexity index is 612. The van der Waals surface area contributed by atoms with Crippen LogP contribution in [0, 0.1) is 5.92 Å². The Morgan fingerprint density at radius 1 is 1.38 bits per heavy atom. The Labute approximate surface area is 125 Å². The first kappa shape index (κ1) is 14.3. The summed E-state index contributed by atoms with van der Waals surface area (Å²) in [7, 11) is 1.78. The van der Waals surface area contributed by atoms with Crippen LogP contribution in [0.5, 0.6) is 0 Å². The number of ether oxygens (including phenoxy) is 1. The number of hydrogen-bond acceptors (Lipinski definition) is 4. The number of pyridine rings is 1. The van der Waals surface area contributed by atoms with Gasteiger partial charge in [0.15, 0.2) is 0 Å². The third-order valence-corrected chi connectivity index (χ3v) is 4.25. The SMILES string of the molecule is COCC1CCCN(c2cc(CN)c3ccccc3n2)C1. The van der Waals surface area contributed by atoms with E-state index < -0.39 is 0 Å². The van der Waals surface area contributed by atoms with Crippen LogP contribution < -0.4 is 10.6 Å². The molecule has 0 bridgehead atoms. The number of nitrogens with two attached hydrogens (primary N) is 1. The van der Waals surface area contributed by atoms with Crippen molar-refractivity contribution in [3.8, 4) is 0 Å². The number of piperidine rings is 1. The van der Waals surface area contributed by atoms with Crippen molar-refractivity contribution >= 4 is 16.7 Å². The van der Waals surface area contributed by atoms with Crippen LogP contribution in [0.15, 0.2) is 30.3 Å². The molecule has 1 aromatic carbocycles. The molecule has 1 aromatic heterocycles. The van der Waals surface area contributed by atoms with Crippen LogP contribution in [-0.2, 0) is 11.3 Å². The van der Waals surface area contributed by atoms with Crippen molar-refractivity contribution in [2.24, 2.45) is 11.7 Å². The Morgan fingerprint density at radius 2 is 2.24 bits per heavy atom. The predicted octanol–water partition coefficient (Wildman–Crippen LogP) is 2.56. The zero-order chi connectivity index (χ0) is 14.7. The molecule has 4 heteroatoms. The van der Waals surface area contributed by atoms with Gasteiger partial charge in [-0.2, -0.15) is 0 Å². The van der Waals surface area contributed by atoms with E-state index in [0.29, 0.717) is 12.5 Å². The standard InChI is InChI=1S/C17H23N3O/c1-21-12-13-5-4-8-20(11-13)17-9-14(10-18)15-6-2-3-7-16(15)19-17/h2-3,6-7,9,13H,4-5,8,10-12,18H2,1H3. The summed E-state index contributed by atoms with van der Waals surface area (Å²) >= 11 is 0. The lowest BCUT2D eigenvalue weighted by Gasteiger charge is -2.33. The van der Waals surface area contributed by atoms with Crippen molar-refractivity contribution in [3.05, 3.63) is 35.9 Å². The number of benzene rings is 1. The van der Waals surface area contributed by atoms with Crippen molar-refractivity contribution < 1.29 is 4.74 Å². The van der Waals surface area contributed by atoms with E-state index >= 15 is 0 Å². The summed E-state index contributed by atoms with van der Waals surface area (Å²) in [6.07, 6.45) is 2.43. The Balaban J connectivity index is 1.92. The van der Waals surface area contributed by atoms with E-state index in [1.54, 1.807) is 7.11 Å². The lowest BCUT2D eigenvalue weighted by Crippen LogP contribution is -2.37. The maximum atomic E-state index is 5.92. The molecule has 2 aromatic rings. The second kappa shape index (κ2) is 6.41. The van der Waals surface area contributed by atoms with Crippen LogP contribution in [-0.4, -0.2) is 31.8 Å². The van der Waals surface area contributed by atoms with Crippen molar-refractivity contribution in [1.82, 2.24) is 4.98 Å². The highest BCUT2D eigenvalue weighted by Crippen LogP contribution is 2.26. The molecule has 2 N–H and O–H groups in total. The number of hydrogen-bond donors (Lipinski definition) is 1. The van der Waals surface area contributed by atoms with Crippen LogP contribution in [0.4, 0.5) is 5.82 Å². The number of nitrogens with zero attached hydrogens (tertiary/aromatic N) is 2. The monoisotopic (exact) mass is 285 g/mol. The predicted molar refractivity (Wildman–Crippen MR) is 86.4 cm³/mol. The molecule has 0 radical (unpaired) electrons. The largest absolute Gasteiger partial charge is 0.384 e. The van der Waals surface area contributed by atoms with E-state index in [1.165, 1.54) is 18.4 Å². The van der Waals surface area contributed by atoms with Crippen LogP contribution in [0.1, 0.15) is 18.4 Å². The van der Waals surface area contributed by atoms with Crippen molar-refractivity contribution in [2.75, 3.05) is 31.7 Å². The fourth-order valence-electron chi connectivity index (χ4n) is 3.21. The minimum absolute atomic E-state index is 0.547. The molecule has 1 atom stereocenters. The number of aromatic nitrogens is 1. The van der Waals surface area contributed by atoms with Gasteiger partial charge in [-0.3, -0.25) is 0 Å². The van der Waals surface area contributed by atoms with Crippen LogP contribution in [0.3, 0.4) is 0 Å². The lowest BCUT2D eigenvalue weighted by molar-refractivity contribution is 0.143. The highest BCUT2D eigenvalue weighted by Gasteiger charge is 2.21. The smallest absolute Gasteiger partial charge is 0.129 e. The van der Waals surface area contributed by atoms with Gasteiger partial charge >= 0.3 is 0 Å². The lowest BCUT2D eigenvalue weighted by atomic mass is 9.98. The molecule has 21 heavy (non-hydrogen) atoms. The van der Waals surface area contributed by atoms with Crippen LogP contribution in [0.25, 0.3) is 10.9 Å². The maximum absolute atomic E-state index is 5.92. The summed E-state index contributed by atoms with van der Waals surface area (Å²) in [6, 6.07) is 10.4. The van der Waals surface area contributed by atoms with Gasteiger partial charge in [-0.15, -0.1) is 0 Å². The van der Waals surface area contributed by atoms with Gasteiger partial charge in [-0.25, -0.2) is 4.98 Å². The summed E-state index contributed by atoms with van der Waals surface area (Å²) in [5.41, 5.74) is 8.13. The zero-order valence-electron chi connectivity index (χ0n) is 12.6. The Kier molecular flexibility index (Phi) is 4.36. The van der Waals surface area contributed by atoms with E-state index in [2.05, 4.69) is 23.1 Å². The van der Waals surface area contributed by atoms with E-state index in [-0.39, 0.29) is 0 Å². The molecule has 2 heterocycles. The summed E-state index contributed by atoms with van der Waals surface area (Å²) < 4.78 is 5.31. The highest BCUT2D eigenvalue weighted by atomic mass is 16.5. The number of rotatable bonds is 4. The number of para-hydroxylation sites is 1. The molecule has 1 aliphatic rings. The third-order valence-electron chi connectivity index (χ3n) is 4.25. The first-order valence-electron chi connectivity index (χ1n) is 7.64. The Morgan fingerprint density at radius 3 is 3.05 bits per heavy atom. The summed E-state index contributed by atoms with van der Waals surface area (Å²) in [5, 5.41) is 1.16. The molecular formula is C17H23N3O. The summed E-state index contributed by atoms with van der Waals surface area (Å²) in [5.74, 6) is 1.65. The highest BCUT2D eigenvalue weighted by molar-refractivity contribution is 5.84. The number of anilines is 1. The van der Waals surface area contributed by atoms with Gasteiger partial charge < -0.3 is 15.4 Å². The molecule has 0 aliphatic carbocycles. The molecule has 3 rings (SSSR count). The van der Waals surface area contributed by atoms with Gasteiger partial charge in [-0.05, 0) is 36.5 Å². The first-order chi connectivity index (χ1) is 10.3.